The molecule has 0 aliphatic carbocycles. The molecule has 0 saturated heterocycles. The van der Waals surface area contributed by atoms with Crippen LogP contribution in [0.25, 0.3) is 110 Å². The largest absolute Gasteiger partial charge is 0.456 e. The van der Waals surface area contributed by atoms with Gasteiger partial charge in [-0.1, -0.05) is 115 Å². The number of hydrogen-bond acceptors (Lipinski definition) is 5. The molecular weight excluding hydrogens is 615 g/mol. The molecule has 11 rings (SSSR count). The fourth-order valence-electron chi connectivity index (χ4n) is 7.56. The van der Waals surface area contributed by atoms with Gasteiger partial charge in [-0.3, -0.25) is 0 Å². The van der Waals surface area contributed by atoms with E-state index in [4.69, 9.17) is 23.8 Å². The Labute approximate surface area is 285 Å². The summed E-state index contributed by atoms with van der Waals surface area (Å²) in [5.41, 5.74) is 6.12. The Kier molecular flexibility index (Phi) is 5.60. The highest BCUT2D eigenvalue weighted by molar-refractivity contribution is 6.19. The fraction of sp³-hybridized carbons (Fsp3) is 0. The second kappa shape index (κ2) is 10.3. The summed E-state index contributed by atoms with van der Waals surface area (Å²) in [5, 5.41) is 11.2. The predicted octanol–water partition coefficient (Wildman–Crippen LogP) is 12.1. The van der Waals surface area contributed by atoms with E-state index in [1.165, 1.54) is 16.2 Å². The first kappa shape index (κ1) is 27.1. The third-order valence-electron chi connectivity index (χ3n) is 9.90. The summed E-state index contributed by atoms with van der Waals surface area (Å²) in [4.78, 5) is 15.5. The van der Waals surface area contributed by atoms with E-state index in [2.05, 4.69) is 109 Å². The number of benzene rings is 8. The highest BCUT2D eigenvalue weighted by Crippen LogP contribution is 2.39. The van der Waals surface area contributed by atoms with Crippen LogP contribution in [0.3, 0.4) is 0 Å². The molecule has 0 unspecified atom stereocenters. The lowest BCUT2D eigenvalue weighted by atomic mass is 9.99. The van der Waals surface area contributed by atoms with Gasteiger partial charge in [-0.05, 0) is 68.7 Å². The first-order chi connectivity index (χ1) is 24.7. The molecule has 0 atom stereocenters. The lowest BCUT2D eigenvalue weighted by Gasteiger charge is -2.11. The lowest BCUT2D eigenvalue weighted by molar-refractivity contribution is 0.668. The average molecular weight is 640 g/mol. The Balaban J connectivity index is 1.15. The third kappa shape index (κ3) is 4.04. The maximum Gasteiger partial charge on any atom is 0.164 e. The number of hydrogen-bond donors (Lipinski definition) is 0. The van der Waals surface area contributed by atoms with E-state index in [0.29, 0.717) is 17.5 Å². The second-order valence-electron chi connectivity index (χ2n) is 12.8. The van der Waals surface area contributed by atoms with Crippen LogP contribution >= 0.6 is 0 Å². The molecule has 3 aromatic heterocycles. The number of aromatic nitrogens is 3. The molecular formula is C45H25N3O2. The zero-order valence-corrected chi connectivity index (χ0v) is 26.6. The first-order valence-electron chi connectivity index (χ1n) is 16.7. The molecule has 0 bridgehead atoms. The van der Waals surface area contributed by atoms with Gasteiger partial charge in [0.2, 0.25) is 0 Å². The van der Waals surface area contributed by atoms with Crippen molar-refractivity contribution < 1.29 is 8.83 Å². The van der Waals surface area contributed by atoms with Crippen molar-refractivity contribution in [2.24, 2.45) is 0 Å². The number of nitrogens with zero attached hydrogens (tertiary/aromatic N) is 3. The summed E-state index contributed by atoms with van der Waals surface area (Å²) in [6, 6.07) is 52.3. The quantitative estimate of drug-likeness (QED) is 0.180. The van der Waals surface area contributed by atoms with Gasteiger partial charge in [-0.15, -0.1) is 0 Å². The molecule has 11 aromatic rings. The number of para-hydroxylation sites is 2. The van der Waals surface area contributed by atoms with E-state index >= 15 is 0 Å². The molecule has 0 saturated carbocycles. The van der Waals surface area contributed by atoms with Gasteiger partial charge in [-0.25, -0.2) is 15.0 Å². The van der Waals surface area contributed by atoms with Crippen LogP contribution in [-0.2, 0) is 0 Å². The highest BCUT2D eigenvalue weighted by atomic mass is 16.3. The van der Waals surface area contributed by atoms with Gasteiger partial charge in [0, 0.05) is 38.2 Å². The molecule has 0 fully saturated rings. The van der Waals surface area contributed by atoms with Gasteiger partial charge in [0.1, 0.15) is 22.3 Å². The van der Waals surface area contributed by atoms with Gasteiger partial charge >= 0.3 is 0 Å². The maximum absolute atomic E-state index is 6.26. The van der Waals surface area contributed by atoms with Crippen LogP contribution < -0.4 is 0 Å². The molecule has 8 aromatic carbocycles. The fourth-order valence-corrected chi connectivity index (χ4v) is 7.56. The van der Waals surface area contributed by atoms with Crippen LogP contribution in [0.5, 0.6) is 0 Å². The van der Waals surface area contributed by atoms with Gasteiger partial charge in [0.05, 0.1) is 0 Å². The molecule has 0 N–H and O–H groups in total. The minimum absolute atomic E-state index is 0.595. The van der Waals surface area contributed by atoms with E-state index in [-0.39, 0.29) is 0 Å². The van der Waals surface area contributed by atoms with Crippen molar-refractivity contribution in [3.05, 3.63) is 152 Å². The number of fused-ring (bicyclic) bond motifs is 11. The van der Waals surface area contributed by atoms with Gasteiger partial charge in [-0.2, -0.15) is 0 Å². The molecule has 232 valence electrons. The predicted molar refractivity (Wildman–Crippen MR) is 203 cm³/mol. The molecule has 50 heavy (non-hydrogen) atoms. The molecule has 0 amide bonds. The van der Waals surface area contributed by atoms with E-state index in [0.717, 1.165) is 76.7 Å². The Morgan fingerprint density at radius 1 is 0.320 bits per heavy atom. The molecule has 3 heterocycles. The van der Waals surface area contributed by atoms with Gasteiger partial charge < -0.3 is 8.83 Å². The van der Waals surface area contributed by atoms with Crippen LogP contribution in [0.4, 0.5) is 0 Å². The first-order valence-corrected chi connectivity index (χ1v) is 16.7. The molecule has 0 spiro atoms. The highest BCUT2D eigenvalue weighted by Gasteiger charge is 2.19. The molecule has 0 aliphatic heterocycles. The summed E-state index contributed by atoms with van der Waals surface area (Å²) in [7, 11) is 0. The Bertz CT molecular complexity index is 3170. The van der Waals surface area contributed by atoms with Crippen LogP contribution in [0, 0.1) is 0 Å². The standard InChI is InChI=1S/C45H25N3O2/c1-2-9-31-26(8-1)16-17-27-24-29(18-21-32(27)31)43-46-44(48-45(47-43)36-12-7-15-39-42(36)35-11-4-6-14-38(35)49-39)30-19-22-33-28(25-30)20-23-40-41(33)34-10-3-5-13-37(34)50-40/h1-25H. The summed E-state index contributed by atoms with van der Waals surface area (Å²) >= 11 is 0. The Morgan fingerprint density at radius 3 is 1.60 bits per heavy atom. The van der Waals surface area contributed by atoms with Crippen LogP contribution in [-0.4, -0.2) is 15.0 Å². The molecule has 0 aliphatic rings. The van der Waals surface area contributed by atoms with Crippen molar-refractivity contribution in [1.29, 1.82) is 0 Å². The zero-order valence-electron chi connectivity index (χ0n) is 26.6. The normalized spacial score (nSPS) is 12.0. The minimum atomic E-state index is 0.595. The van der Waals surface area contributed by atoms with Gasteiger partial charge in [0.15, 0.2) is 17.5 Å². The van der Waals surface area contributed by atoms with E-state index in [9.17, 15) is 0 Å². The third-order valence-corrected chi connectivity index (χ3v) is 9.90. The lowest BCUT2D eigenvalue weighted by Crippen LogP contribution is -2.00. The number of rotatable bonds is 3. The van der Waals surface area contributed by atoms with E-state index < -0.39 is 0 Å². The minimum Gasteiger partial charge on any atom is -0.456 e. The van der Waals surface area contributed by atoms with Crippen LogP contribution in [0.2, 0.25) is 0 Å². The second-order valence-corrected chi connectivity index (χ2v) is 12.8. The van der Waals surface area contributed by atoms with Crippen molar-refractivity contribution in [1.82, 2.24) is 15.0 Å². The Morgan fingerprint density at radius 2 is 0.840 bits per heavy atom. The van der Waals surface area contributed by atoms with Gasteiger partial charge in [0.25, 0.3) is 0 Å². The topological polar surface area (TPSA) is 65.0 Å². The molecule has 5 heteroatoms. The van der Waals surface area contributed by atoms with Crippen molar-refractivity contribution >= 4 is 76.2 Å². The van der Waals surface area contributed by atoms with Crippen molar-refractivity contribution in [2.75, 3.05) is 0 Å². The molecule has 0 radical (unpaired) electrons. The number of furan rings is 2. The zero-order chi connectivity index (χ0) is 32.8. The summed E-state index contributed by atoms with van der Waals surface area (Å²) in [5.74, 6) is 1.81. The summed E-state index contributed by atoms with van der Waals surface area (Å²) in [6.07, 6.45) is 0. The maximum atomic E-state index is 6.26. The van der Waals surface area contributed by atoms with Crippen molar-refractivity contribution in [2.45, 2.75) is 0 Å². The van der Waals surface area contributed by atoms with Crippen molar-refractivity contribution in [3.63, 3.8) is 0 Å². The average Bonchev–Trinajstić information content (AvgIpc) is 3.76. The smallest absolute Gasteiger partial charge is 0.164 e. The van der Waals surface area contributed by atoms with Crippen LogP contribution in [0.15, 0.2) is 160 Å². The van der Waals surface area contributed by atoms with E-state index in [1.807, 2.05) is 42.5 Å². The monoisotopic (exact) mass is 639 g/mol. The van der Waals surface area contributed by atoms with Crippen molar-refractivity contribution in [3.8, 4) is 34.2 Å². The summed E-state index contributed by atoms with van der Waals surface area (Å²) < 4.78 is 12.4. The summed E-state index contributed by atoms with van der Waals surface area (Å²) in [6.45, 7) is 0. The Hall–Kier alpha value is -6.85. The van der Waals surface area contributed by atoms with E-state index in [1.54, 1.807) is 0 Å². The molecule has 5 nitrogen and oxygen atoms in total. The van der Waals surface area contributed by atoms with Crippen LogP contribution in [0.1, 0.15) is 0 Å². The SMILES string of the molecule is c1ccc2c(c1)ccc1cc(-c3nc(-c4ccc5c(ccc6oc7ccccc7c65)c4)nc(-c4cccc5oc6ccccc6c45)n3)ccc12.